The van der Waals surface area contributed by atoms with Gasteiger partial charge in [0.2, 0.25) is 0 Å². The molecule has 17 heavy (non-hydrogen) atoms. The second-order valence-corrected chi connectivity index (χ2v) is 4.42. The third kappa shape index (κ3) is 4.79. The Morgan fingerprint density at radius 2 is 2.24 bits per heavy atom. The molecule has 0 atom stereocenters. The van der Waals surface area contributed by atoms with E-state index in [-0.39, 0.29) is 0 Å². The van der Waals surface area contributed by atoms with Gasteiger partial charge in [0.05, 0.1) is 12.8 Å². The van der Waals surface area contributed by atoms with Crippen molar-refractivity contribution in [3.63, 3.8) is 0 Å². The summed E-state index contributed by atoms with van der Waals surface area (Å²) < 4.78 is 5.22. The van der Waals surface area contributed by atoms with Crippen molar-refractivity contribution in [1.82, 2.24) is 5.32 Å². The number of thiocarbonyl (C=S) groups is 1. The Hall–Kier alpha value is -1.00. The number of nitrogens with one attached hydrogen (secondary N) is 2. The van der Waals surface area contributed by atoms with E-state index in [1.807, 2.05) is 0 Å². The molecule has 0 amide bonds. The van der Waals surface area contributed by atoms with E-state index >= 15 is 0 Å². The fourth-order valence-electron chi connectivity index (χ4n) is 1.32. The molecule has 0 aromatic heterocycles. The lowest BCUT2D eigenvalue weighted by Gasteiger charge is -2.13. The normalized spacial score (nSPS) is 9.82. The first-order valence-electron chi connectivity index (χ1n) is 5.55. The lowest BCUT2D eigenvalue weighted by atomic mass is 10.3. The van der Waals surface area contributed by atoms with Crippen LogP contribution in [0.5, 0.6) is 5.75 Å². The first-order chi connectivity index (χ1) is 8.17. The fourth-order valence-corrected chi connectivity index (χ4v) is 1.71. The van der Waals surface area contributed by atoms with Crippen molar-refractivity contribution in [1.29, 1.82) is 0 Å². The minimum Gasteiger partial charge on any atom is -0.495 e. The van der Waals surface area contributed by atoms with Crippen LogP contribution in [-0.2, 0) is 0 Å². The molecule has 0 spiro atoms. The fraction of sp³-hybridized carbons (Fsp3) is 0.417. The van der Waals surface area contributed by atoms with Crippen molar-refractivity contribution < 1.29 is 4.74 Å². The average molecular weight is 273 g/mol. The summed E-state index contributed by atoms with van der Waals surface area (Å²) in [6.07, 6.45) is 2.23. The van der Waals surface area contributed by atoms with Crippen LogP contribution in [0.1, 0.15) is 19.8 Å². The summed E-state index contributed by atoms with van der Waals surface area (Å²) >= 11 is 11.1. The van der Waals surface area contributed by atoms with Gasteiger partial charge in [-0.1, -0.05) is 24.9 Å². The monoisotopic (exact) mass is 272 g/mol. The van der Waals surface area contributed by atoms with Gasteiger partial charge in [-0.05, 0) is 36.8 Å². The number of anilines is 1. The van der Waals surface area contributed by atoms with Crippen molar-refractivity contribution in [2.24, 2.45) is 0 Å². The van der Waals surface area contributed by atoms with E-state index in [2.05, 4.69) is 17.6 Å². The minimum atomic E-state index is 0.582. The zero-order valence-corrected chi connectivity index (χ0v) is 11.6. The van der Waals surface area contributed by atoms with Crippen LogP contribution in [0.2, 0.25) is 5.02 Å². The number of hydrogen-bond acceptors (Lipinski definition) is 2. The first kappa shape index (κ1) is 14.1. The lowest BCUT2D eigenvalue weighted by Crippen LogP contribution is -2.29. The van der Waals surface area contributed by atoms with Gasteiger partial charge >= 0.3 is 0 Å². The largest absolute Gasteiger partial charge is 0.495 e. The molecule has 0 heterocycles. The zero-order chi connectivity index (χ0) is 12.7. The topological polar surface area (TPSA) is 33.3 Å². The number of rotatable bonds is 5. The molecule has 0 fully saturated rings. The van der Waals surface area contributed by atoms with Crippen molar-refractivity contribution in [3.05, 3.63) is 23.2 Å². The Morgan fingerprint density at radius 1 is 1.47 bits per heavy atom. The molecule has 0 radical (unpaired) electrons. The maximum Gasteiger partial charge on any atom is 0.170 e. The van der Waals surface area contributed by atoms with E-state index in [1.54, 1.807) is 25.3 Å². The van der Waals surface area contributed by atoms with Crippen molar-refractivity contribution in [2.75, 3.05) is 19.0 Å². The van der Waals surface area contributed by atoms with Gasteiger partial charge in [-0.15, -0.1) is 0 Å². The highest BCUT2D eigenvalue weighted by atomic mass is 35.5. The SMILES string of the molecule is CCCCNC(=S)Nc1cc(Cl)ccc1OC. The van der Waals surface area contributed by atoms with E-state index in [0.29, 0.717) is 15.9 Å². The van der Waals surface area contributed by atoms with E-state index in [0.717, 1.165) is 25.1 Å². The summed E-state index contributed by atoms with van der Waals surface area (Å²) in [6.45, 7) is 3.00. The zero-order valence-electron chi connectivity index (χ0n) is 10.0. The third-order valence-corrected chi connectivity index (χ3v) is 2.71. The summed E-state index contributed by atoms with van der Waals surface area (Å²) in [5.74, 6) is 0.717. The first-order valence-corrected chi connectivity index (χ1v) is 6.34. The summed E-state index contributed by atoms with van der Waals surface area (Å²) in [4.78, 5) is 0. The van der Waals surface area contributed by atoms with Crippen LogP contribution >= 0.6 is 23.8 Å². The van der Waals surface area contributed by atoms with Gasteiger partial charge in [0, 0.05) is 11.6 Å². The summed E-state index contributed by atoms with van der Waals surface area (Å²) in [6, 6.07) is 5.37. The van der Waals surface area contributed by atoms with Gasteiger partial charge in [0.1, 0.15) is 5.75 Å². The summed E-state index contributed by atoms with van der Waals surface area (Å²) in [7, 11) is 1.61. The minimum absolute atomic E-state index is 0.582. The van der Waals surface area contributed by atoms with Crippen molar-refractivity contribution >= 4 is 34.6 Å². The highest BCUT2D eigenvalue weighted by Gasteiger charge is 2.05. The molecule has 1 aromatic carbocycles. The van der Waals surface area contributed by atoms with Gasteiger partial charge in [0.25, 0.3) is 0 Å². The van der Waals surface area contributed by atoms with Gasteiger partial charge in [-0.3, -0.25) is 0 Å². The number of hydrogen-bond donors (Lipinski definition) is 2. The molecule has 0 aliphatic carbocycles. The molecule has 0 aliphatic rings. The van der Waals surface area contributed by atoms with Gasteiger partial charge in [-0.2, -0.15) is 0 Å². The van der Waals surface area contributed by atoms with Crippen LogP contribution in [0.15, 0.2) is 18.2 Å². The quantitative estimate of drug-likeness (QED) is 0.636. The van der Waals surface area contributed by atoms with Gasteiger partial charge in [-0.25, -0.2) is 0 Å². The molecular formula is C12H17ClN2OS. The number of ether oxygens (including phenoxy) is 1. The molecule has 0 saturated carbocycles. The van der Waals surface area contributed by atoms with Gasteiger partial charge in [0.15, 0.2) is 5.11 Å². The van der Waals surface area contributed by atoms with Crippen molar-refractivity contribution in [2.45, 2.75) is 19.8 Å². The molecule has 0 bridgehead atoms. The molecule has 0 saturated heterocycles. The number of methoxy groups -OCH3 is 1. The molecule has 94 valence electrons. The van der Waals surface area contributed by atoms with Crippen LogP contribution in [0, 0.1) is 0 Å². The standard InChI is InChI=1S/C12H17ClN2OS/c1-3-4-7-14-12(17)15-10-8-9(13)5-6-11(10)16-2/h5-6,8H,3-4,7H2,1-2H3,(H2,14,15,17). The predicted octanol–water partition coefficient (Wildman–Crippen LogP) is 3.44. The number of benzene rings is 1. The average Bonchev–Trinajstić information content (AvgIpc) is 2.29. The van der Waals surface area contributed by atoms with Crippen LogP contribution in [0.3, 0.4) is 0 Å². The summed E-state index contributed by atoms with van der Waals surface area (Å²) in [5, 5.41) is 7.42. The summed E-state index contributed by atoms with van der Waals surface area (Å²) in [5.41, 5.74) is 0.772. The molecule has 0 aliphatic heterocycles. The van der Waals surface area contributed by atoms with E-state index < -0.39 is 0 Å². The van der Waals surface area contributed by atoms with Crippen LogP contribution < -0.4 is 15.4 Å². The maximum atomic E-state index is 5.92. The van der Waals surface area contributed by atoms with E-state index in [4.69, 9.17) is 28.6 Å². The lowest BCUT2D eigenvalue weighted by molar-refractivity contribution is 0.417. The second kappa shape index (κ2) is 7.35. The molecule has 3 nitrogen and oxygen atoms in total. The third-order valence-electron chi connectivity index (χ3n) is 2.23. The molecular weight excluding hydrogens is 256 g/mol. The molecule has 0 unspecified atom stereocenters. The second-order valence-electron chi connectivity index (χ2n) is 3.58. The van der Waals surface area contributed by atoms with Crippen LogP contribution in [0.25, 0.3) is 0 Å². The van der Waals surface area contributed by atoms with Crippen molar-refractivity contribution in [3.8, 4) is 5.75 Å². The molecule has 5 heteroatoms. The molecule has 1 rings (SSSR count). The van der Waals surface area contributed by atoms with Crippen LogP contribution in [-0.4, -0.2) is 18.8 Å². The highest BCUT2D eigenvalue weighted by molar-refractivity contribution is 7.80. The van der Waals surface area contributed by atoms with E-state index in [1.165, 1.54) is 0 Å². The number of halogens is 1. The Labute approximate surface area is 112 Å². The van der Waals surface area contributed by atoms with Gasteiger partial charge < -0.3 is 15.4 Å². The Balaban J connectivity index is 2.60. The Morgan fingerprint density at radius 3 is 2.88 bits per heavy atom. The van der Waals surface area contributed by atoms with Crippen LogP contribution in [0.4, 0.5) is 5.69 Å². The Kier molecular flexibility index (Phi) is 6.08. The molecule has 1 aromatic rings. The van der Waals surface area contributed by atoms with E-state index in [9.17, 15) is 0 Å². The Bertz CT molecular complexity index is 385. The predicted molar refractivity (Wildman–Crippen MR) is 77.1 cm³/mol. The maximum absolute atomic E-state index is 5.92. The highest BCUT2D eigenvalue weighted by Crippen LogP contribution is 2.27. The smallest absolute Gasteiger partial charge is 0.170 e. The number of unbranched alkanes of at least 4 members (excludes halogenated alkanes) is 1. The molecule has 2 N–H and O–H groups in total.